The third-order valence-electron chi connectivity index (χ3n) is 4.61. The van der Waals surface area contributed by atoms with Crippen molar-refractivity contribution in [3.8, 4) is 11.3 Å². The van der Waals surface area contributed by atoms with E-state index in [0.717, 1.165) is 46.7 Å². The first-order chi connectivity index (χ1) is 11.7. The number of hydrogen-bond acceptors (Lipinski definition) is 3. The maximum absolute atomic E-state index is 12.8. The van der Waals surface area contributed by atoms with Gasteiger partial charge in [0.2, 0.25) is 0 Å². The number of rotatable bonds is 3. The molecule has 0 radical (unpaired) electrons. The lowest BCUT2D eigenvalue weighted by Gasteiger charge is -2.18. The van der Waals surface area contributed by atoms with Crippen LogP contribution in [0.4, 0.5) is 11.4 Å². The van der Waals surface area contributed by atoms with Crippen LogP contribution in [-0.4, -0.2) is 15.8 Å². The molecule has 1 unspecified atom stereocenters. The lowest BCUT2D eigenvalue weighted by atomic mass is 9.87. The Hall–Kier alpha value is -2.88. The van der Waals surface area contributed by atoms with Gasteiger partial charge < -0.3 is 10.3 Å². The number of aromatic amines is 1. The molecule has 2 N–H and O–H groups in total. The van der Waals surface area contributed by atoms with Crippen LogP contribution in [0.2, 0.25) is 0 Å². The minimum atomic E-state index is 0.0647. The average molecular weight is 317 g/mol. The van der Waals surface area contributed by atoms with Gasteiger partial charge >= 0.3 is 0 Å². The predicted molar refractivity (Wildman–Crippen MR) is 95.6 cm³/mol. The van der Waals surface area contributed by atoms with Crippen molar-refractivity contribution in [2.45, 2.75) is 19.8 Å². The molecule has 24 heavy (non-hydrogen) atoms. The zero-order chi connectivity index (χ0) is 16.5. The minimum Gasteiger partial charge on any atom is -0.356 e. The molecule has 1 aromatic carbocycles. The second kappa shape index (κ2) is 5.96. The van der Waals surface area contributed by atoms with Crippen LogP contribution in [-0.2, 0) is 6.42 Å². The number of nitrogens with zero attached hydrogens (tertiary/aromatic N) is 1. The summed E-state index contributed by atoms with van der Waals surface area (Å²) in [5.41, 5.74) is 5.67. The molecule has 0 saturated heterocycles. The molecule has 0 amide bonds. The highest BCUT2D eigenvalue weighted by atomic mass is 16.1. The fraction of sp³-hybridized carbons (Fsp3) is 0.200. The van der Waals surface area contributed by atoms with E-state index in [1.807, 2.05) is 49.4 Å². The third kappa shape index (κ3) is 2.50. The van der Waals surface area contributed by atoms with Crippen LogP contribution >= 0.6 is 0 Å². The molecule has 3 aromatic rings. The summed E-state index contributed by atoms with van der Waals surface area (Å²) in [7, 11) is 0. The summed E-state index contributed by atoms with van der Waals surface area (Å²) in [6.45, 7) is 2.01. The number of aryl methyl sites for hydroxylation is 1. The van der Waals surface area contributed by atoms with Gasteiger partial charge in [0.1, 0.15) is 0 Å². The Morgan fingerprint density at radius 3 is 2.62 bits per heavy atom. The van der Waals surface area contributed by atoms with Crippen LogP contribution in [0.25, 0.3) is 11.3 Å². The minimum absolute atomic E-state index is 0.0647. The number of anilines is 2. The van der Waals surface area contributed by atoms with Crippen molar-refractivity contribution in [3.63, 3.8) is 0 Å². The second-order valence-corrected chi connectivity index (χ2v) is 6.26. The summed E-state index contributed by atoms with van der Waals surface area (Å²) in [4.78, 5) is 20.4. The number of ketones is 1. The molecule has 0 spiro atoms. The molecule has 4 heteroatoms. The van der Waals surface area contributed by atoms with Gasteiger partial charge in [0.05, 0.1) is 16.9 Å². The smallest absolute Gasteiger partial charge is 0.169 e. The van der Waals surface area contributed by atoms with Crippen molar-refractivity contribution in [1.29, 1.82) is 0 Å². The van der Waals surface area contributed by atoms with Crippen molar-refractivity contribution >= 4 is 17.2 Å². The van der Waals surface area contributed by atoms with E-state index < -0.39 is 0 Å². The van der Waals surface area contributed by atoms with Crippen LogP contribution < -0.4 is 5.32 Å². The highest BCUT2D eigenvalue weighted by Gasteiger charge is 2.31. The first kappa shape index (κ1) is 14.7. The van der Waals surface area contributed by atoms with Gasteiger partial charge in [-0.15, -0.1) is 0 Å². The van der Waals surface area contributed by atoms with E-state index in [0.29, 0.717) is 0 Å². The zero-order valence-electron chi connectivity index (χ0n) is 13.5. The number of benzene rings is 1. The Kier molecular flexibility index (Phi) is 3.65. The Labute approximate surface area is 141 Å². The summed E-state index contributed by atoms with van der Waals surface area (Å²) in [5.74, 6) is 0.279. The number of para-hydroxylation sites is 1. The fourth-order valence-electron chi connectivity index (χ4n) is 3.28. The van der Waals surface area contributed by atoms with E-state index in [1.54, 1.807) is 12.4 Å². The van der Waals surface area contributed by atoms with Gasteiger partial charge in [0.25, 0.3) is 0 Å². The number of nitrogens with one attached hydrogen (secondary N) is 2. The third-order valence-corrected chi connectivity index (χ3v) is 4.61. The molecule has 1 atom stereocenters. The zero-order valence-corrected chi connectivity index (χ0v) is 13.5. The number of pyridine rings is 1. The Balaban J connectivity index is 1.88. The maximum Gasteiger partial charge on any atom is 0.169 e. The van der Waals surface area contributed by atoms with E-state index in [1.165, 1.54) is 0 Å². The van der Waals surface area contributed by atoms with Crippen molar-refractivity contribution in [2.24, 2.45) is 5.92 Å². The highest BCUT2D eigenvalue weighted by Crippen LogP contribution is 2.39. The quantitative estimate of drug-likeness (QED) is 0.743. The van der Waals surface area contributed by atoms with Crippen molar-refractivity contribution in [1.82, 2.24) is 9.97 Å². The fourth-order valence-corrected chi connectivity index (χ4v) is 3.28. The van der Waals surface area contributed by atoms with E-state index in [9.17, 15) is 4.79 Å². The molecule has 2 heterocycles. The largest absolute Gasteiger partial charge is 0.356 e. The van der Waals surface area contributed by atoms with Crippen molar-refractivity contribution in [2.75, 3.05) is 5.32 Å². The molecule has 0 fully saturated rings. The topological polar surface area (TPSA) is 57.8 Å². The molecule has 4 rings (SSSR count). The van der Waals surface area contributed by atoms with Crippen LogP contribution in [0, 0.1) is 5.92 Å². The number of hydrogen-bond donors (Lipinski definition) is 2. The molecule has 1 aliphatic rings. The Morgan fingerprint density at radius 2 is 1.88 bits per heavy atom. The molecule has 0 saturated carbocycles. The van der Waals surface area contributed by atoms with Gasteiger partial charge in [-0.05, 0) is 37.1 Å². The molecule has 0 bridgehead atoms. The monoisotopic (exact) mass is 317 g/mol. The van der Waals surface area contributed by atoms with Gasteiger partial charge in [-0.2, -0.15) is 0 Å². The lowest BCUT2D eigenvalue weighted by Crippen LogP contribution is -2.20. The molecule has 120 valence electrons. The number of fused-ring (bicyclic) bond motifs is 1. The molecular formula is C20H19N3O. The second-order valence-electron chi connectivity index (χ2n) is 6.26. The van der Waals surface area contributed by atoms with E-state index in [-0.39, 0.29) is 11.7 Å². The number of H-pyrrole nitrogens is 1. The average Bonchev–Trinajstić information content (AvgIpc) is 2.99. The predicted octanol–water partition coefficient (Wildman–Crippen LogP) is 4.59. The highest BCUT2D eigenvalue weighted by molar-refractivity contribution is 6.08. The maximum atomic E-state index is 12.8. The van der Waals surface area contributed by atoms with Gasteiger partial charge in [-0.25, -0.2) is 0 Å². The molecular weight excluding hydrogens is 298 g/mol. The summed E-state index contributed by atoms with van der Waals surface area (Å²) in [6.07, 6.45) is 5.33. The SMILES string of the molecule is CC1CCc2[nH]c(-c3ccncc3)c(Nc3ccccc3)c2C1=O. The summed E-state index contributed by atoms with van der Waals surface area (Å²) in [6, 6.07) is 13.9. The van der Waals surface area contributed by atoms with Gasteiger partial charge in [0, 0.05) is 35.3 Å². The van der Waals surface area contributed by atoms with Crippen LogP contribution in [0.3, 0.4) is 0 Å². The summed E-state index contributed by atoms with van der Waals surface area (Å²) >= 11 is 0. The van der Waals surface area contributed by atoms with Crippen molar-refractivity contribution in [3.05, 3.63) is 66.1 Å². The number of carbonyl (C=O) groups is 1. The Bertz CT molecular complexity index is 869. The number of Topliss-reactive ketones (excluding diaryl/α,β-unsaturated/α-hetero) is 1. The van der Waals surface area contributed by atoms with Gasteiger partial charge in [0.15, 0.2) is 5.78 Å². The van der Waals surface area contributed by atoms with Crippen LogP contribution in [0.1, 0.15) is 29.4 Å². The van der Waals surface area contributed by atoms with Crippen molar-refractivity contribution < 1.29 is 4.79 Å². The number of carbonyl (C=O) groups excluding carboxylic acids is 1. The Morgan fingerprint density at radius 1 is 1.12 bits per heavy atom. The standard InChI is InChI=1S/C20H19N3O/c1-13-7-8-16-17(20(13)24)19(22-15-5-3-2-4-6-15)18(23-16)14-9-11-21-12-10-14/h2-6,9-13,22-23H,7-8H2,1H3. The summed E-state index contributed by atoms with van der Waals surface area (Å²) < 4.78 is 0. The van der Waals surface area contributed by atoms with E-state index in [4.69, 9.17) is 0 Å². The summed E-state index contributed by atoms with van der Waals surface area (Å²) in [5, 5.41) is 3.46. The molecule has 0 aliphatic heterocycles. The first-order valence-corrected chi connectivity index (χ1v) is 8.25. The van der Waals surface area contributed by atoms with Gasteiger partial charge in [-0.3, -0.25) is 9.78 Å². The molecule has 1 aliphatic carbocycles. The molecule has 4 nitrogen and oxygen atoms in total. The molecule has 2 aromatic heterocycles. The lowest BCUT2D eigenvalue weighted by molar-refractivity contribution is 0.0914. The number of aromatic nitrogens is 2. The van der Waals surface area contributed by atoms with Gasteiger partial charge in [-0.1, -0.05) is 25.1 Å². The normalized spacial score (nSPS) is 16.7. The first-order valence-electron chi connectivity index (χ1n) is 8.25. The van der Waals surface area contributed by atoms with Crippen LogP contribution in [0.15, 0.2) is 54.9 Å². The van der Waals surface area contributed by atoms with E-state index >= 15 is 0 Å². The van der Waals surface area contributed by atoms with E-state index in [2.05, 4.69) is 15.3 Å². The van der Waals surface area contributed by atoms with Crippen LogP contribution in [0.5, 0.6) is 0 Å².